The van der Waals surface area contributed by atoms with Crippen LogP contribution in [0.25, 0.3) is 5.70 Å². The van der Waals surface area contributed by atoms with Crippen LogP contribution in [0.5, 0.6) is 5.75 Å². The van der Waals surface area contributed by atoms with E-state index in [9.17, 15) is 9.59 Å². The first-order valence-corrected chi connectivity index (χ1v) is 9.39. The molecule has 0 spiro atoms. The average molecular weight is 533 g/mol. The molecule has 1 aliphatic rings. The lowest BCUT2D eigenvalue weighted by Crippen LogP contribution is -3.00. The zero-order valence-electron chi connectivity index (χ0n) is 16.3. The Kier molecular flexibility index (Phi) is 6.58. The van der Waals surface area contributed by atoms with Gasteiger partial charge in [-0.3, -0.25) is 9.59 Å². The summed E-state index contributed by atoms with van der Waals surface area (Å²) in [7, 11) is 1.53. The third-order valence-electron chi connectivity index (χ3n) is 4.77. The molecular weight excluding hydrogens is 515 g/mol. The van der Waals surface area contributed by atoms with Crippen molar-refractivity contribution in [3.8, 4) is 5.75 Å². The van der Waals surface area contributed by atoms with Gasteiger partial charge in [-0.05, 0) is 30.7 Å². The Balaban J connectivity index is 0.00000256. The summed E-state index contributed by atoms with van der Waals surface area (Å²) < 4.78 is 6.84. The number of carbonyl (C=O) groups is 2. The van der Waals surface area contributed by atoms with Crippen molar-refractivity contribution < 1.29 is 42.9 Å². The lowest BCUT2D eigenvalue weighted by atomic mass is 9.90. The van der Waals surface area contributed by atoms with E-state index in [-0.39, 0.29) is 46.9 Å². The van der Waals surface area contributed by atoms with Crippen LogP contribution in [0.2, 0.25) is 5.02 Å². The van der Waals surface area contributed by atoms with Gasteiger partial charge in [0, 0.05) is 28.9 Å². The Labute approximate surface area is 196 Å². The number of allylic oxidation sites excluding steroid dienone is 2. The average Bonchev–Trinajstić information content (AvgIpc) is 2.73. The molecule has 30 heavy (non-hydrogen) atoms. The van der Waals surface area contributed by atoms with Gasteiger partial charge in [0.05, 0.1) is 12.1 Å². The summed E-state index contributed by atoms with van der Waals surface area (Å²) in [5.41, 5.74) is 2.85. The van der Waals surface area contributed by atoms with Crippen LogP contribution in [-0.2, 0) is 0 Å². The molecule has 0 amide bonds. The molecule has 2 aromatic carbocycles. The van der Waals surface area contributed by atoms with Gasteiger partial charge >= 0.3 is 0 Å². The van der Waals surface area contributed by atoms with E-state index in [0.29, 0.717) is 27.6 Å². The van der Waals surface area contributed by atoms with Crippen molar-refractivity contribution in [3.63, 3.8) is 0 Å². The highest BCUT2D eigenvalue weighted by atomic mass is 127. The highest BCUT2D eigenvalue weighted by Gasteiger charge is 2.38. The summed E-state index contributed by atoms with van der Waals surface area (Å²) >= 11 is 6.23. The number of ether oxygens (including phenoxy) is 1. The van der Waals surface area contributed by atoms with Crippen molar-refractivity contribution in [1.82, 2.24) is 0 Å². The molecule has 4 rings (SSSR count). The van der Waals surface area contributed by atoms with Crippen LogP contribution in [0.1, 0.15) is 26.3 Å². The van der Waals surface area contributed by atoms with E-state index in [2.05, 4.69) is 5.32 Å². The molecular formula is C23H18ClIN2O3. The molecule has 0 fully saturated rings. The number of pyridine rings is 1. The van der Waals surface area contributed by atoms with Crippen molar-refractivity contribution in [3.05, 3.63) is 94.4 Å². The molecule has 0 aliphatic heterocycles. The highest BCUT2D eigenvalue weighted by molar-refractivity contribution is 6.36. The second-order valence-corrected chi connectivity index (χ2v) is 7.09. The predicted octanol–water partition coefficient (Wildman–Crippen LogP) is 1.31. The van der Waals surface area contributed by atoms with Crippen molar-refractivity contribution in [2.75, 3.05) is 12.4 Å². The van der Waals surface area contributed by atoms with Gasteiger partial charge in [0.1, 0.15) is 5.75 Å². The smallest absolute Gasteiger partial charge is 0.286 e. The van der Waals surface area contributed by atoms with Gasteiger partial charge < -0.3 is 34.0 Å². The number of ketones is 2. The standard InChI is InChI=1S/C23H17ClN2O3.HI/c1-14-9-11-26(12-10-14)21-20(25-15-7-8-19(29-2)18(24)13-15)22(27)16-5-3-4-6-17(16)23(21)28;/h3-13H,1-2H3;1H. The van der Waals surface area contributed by atoms with E-state index in [1.165, 1.54) is 7.11 Å². The number of aromatic nitrogens is 1. The van der Waals surface area contributed by atoms with Crippen molar-refractivity contribution >= 4 is 34.6 Å². The molecule has 0 radical (unpaired) electrons. The number of nitrogens with zero attached hydrogens (tertiary/aromatic N) is 1. The van der Waals surface area contributed by atoms with E-state index in [4.69, 9.17) is 16.3 Å². The second kappa shape index (κ2) is 8.97. The molecule has 0 saturated heterocycles. The third kappa shape index (κ3) is 3.97. The molecule has 0 saturated carbocycles. The number of methoxy groups -OCH3 is 1. The topological polar surface area (TPSA) is 59.3 Å². The van der Waals surface area contributed by atoms with Crippen LogP contribution < -0.4 is 38.6 Å². The molecule has 0 bridgehead atoms. The number of rotatable bonds is 4. The summed E-state index contributed by atoms with van der Waals surface area (Å²) in [6, 6.07) is 15.7. The monoisotopic (exact) mass is 532 g/mol. The molecule has 1 aromatic heterocycles. The fourth-order valence-corrected chi connectivity index (χ4v) is 3.52. The number of anilines is 1. The SMILES string of the molecule is COc1ccc(NC2=C([n+]3ccc(C)cc3)C(=O)c3ccccc3C2=O)cc1Cl.[I-]. The number of benzene rings is 2. The van der Waals surface area contributed by atoms with E-state index in [1.807, 2.05) is 19.1 Å². The van der Waals surface area contributed by atoms with Gasteiger partial charge in [-0.1, -0.05) is 35.9 Å². The second-order valence-electron chi connectivity index (χ2n) is 6.68. The first-order valence-electron chi connectivity index (χ1n) is 9.01. The molecule has 3 aromatic rings. The van der Waals surface area contributed by atoms with Crippen molar-refractivity contribution in [2.24, 2.45) is 0 Å². The minimum absolute atomic E-state index is 0. The molecule has 5 nitrogen and oxygen atoms in total. The Morgan fingerprint density at radius 3 is 2.17 bits per heavy atom. The van der Waals surface area contributed by atoms with Crippen LogP contribution in [0.4, 0.5) is 5.69 Å². The van der Waals surface area contributed by atoms with Crippen LogP contribution in [0.15, 0.2) is 72.7 Å². The molecule has 7 heteroatoms. The minimum atomic E-state index is -0.254. The largest absolute Gasteiger partial charge is 1.00 e. The van der Waals surface area contributed by atoms with Gasteiger partial charge in [0.25, 0.3) is 11.5 Å². The molecule has 1 heterocycles. The van der Waals surface area contributed by atoms with Gasteiger partial charge in [-0.15, -0.1) is 0 Å². The fraction of sp³-hybridized carbons (Fsp3) is 0.0870. The van der Waals surface area contributed by atoms with E-state index >= 15 is 0 Å². The van der Waals surface area contributed by atoms with Crippen molar-refractivity contribution in [2.45, 2.75) is 6.92 Å². The number of hydrogen-bond acceptors (Lipinski definition) is 4. The highest BCUT2D eigenvalue weighted by Crippen LogP contribution is 2.31. The Bertz CT molecular complexity index is 1170. The van der Waals surface area contributed by atoms with E-state index in [0.717, 1.165) is 5.56 Å². The van der Waals surface area contributed by atoms with E-state index < -0.39 is 0 Å². The molecule has 1 N–H and O–H groups in total. The Hall–Kier alpha value is -2.71. The molecule has 1 aliphatic carbocycles. The zero-order chi connectivity index (χ0) is 20.5. The van der Waals surface area contributed by atoms with E-state index in [1.54, 1.807) is 59.4 Å². The number of nitrogens with one attached hydrogen (secondary N) is 1. The first kappa shape index (κ1) is 22.0. The Morgan fingerprint density at radius 2 is 1.57 bits per heavy atom. The number of halogens is 2. The summed E-state index contributed by atoms with van der Waals surface area (Å²) in [6.45, 7) is 1.96. The lowest BCUT2D eigenvalue weighted by Gasteiger charge is -2.19. The maximum atomic E-state index is 13.3. The van der Waals surface area contributed by atoms with Gasteiger partial charge in [-0.2, -0.15) is 4.57 Å². The quantitative estimate of drug-likeness (QED) is 0.407. The summed E-state index contributed by atoms with van der Waals surface area (Å²) in [5, 5.41) is 3.51. The van der Waals surface area contributed by atoms with Crippen LogP contribution in [-0.4, -0.2) is 18.7 Å². The number of carbonyl (C=O) groups excluding carboxylic acids is 2. The molecule has 0 unspecified atom stereocenters. The summed E-state index contributed by atoms with van der Waals surface area (Å²) in [5.74, 6) is 0.0436. The van der Waals surface area contributed by atoms with Gasteiger partial charge in [-0.25, -0.2) is 0 Å². The number of fused-ring (bicyclic) bond motifs is 1. The van der Waals surface area contributed by atoms with Crippen molar-refractivity contribution in [1.29, 1.82) is 0 Å². The predicted molar refractivity (Wildman–Crippen MR) is 111 cm³/mol. The first-order chi connectivity index (χ1) is 14.0. The molecule has 0 atom stereocenters. The lowest BCUT2D eigenvalue weighted by molar-refractivity contribution is -0.577. The van der Waals surface area contributed by atoms with Crippen LogP contribution >= 0.6 is 11.6 Å². The minimum Gasteiger partial charge on any atom is -1.00 e. The number of aryl methyl sites for hydroxylation is 1. The zero-order valence-corrected chi connectivity index (χ0v) is 19.2. The maximum absolute atomic E-state index is 13.3. The normalized spacial score (nSPS) is 12.9. The van der Waals surface area contributed by atoms with Gasteiger partial charge in [0.2, 0.25) is 5.78 Å². The molecule has 152 valence electrons. The third-order valence-corrected chi connectivity index (χ3v) is 5.07. The van der Waals surface area contributed by atoms with Crippen LogP contribution in [0.3, 0.4) is 0 Å². The number of Topliss-reactive ketones (excluding diaryl/α,β-unsaturated/α-hetero) is 2. The maximum Gasteiger partial charge on any atom is 0.286 e. The van der Waals surface area contributed by atoms with Crippen LogP contribution in [0, 0.1) is 6.92 Å². The van der Waals surface area contributed by atoms with Gasteiger partial charge in [0.15, 0.2) is 18.1 Å². The summed E-state index contributed by atoms with van der Waals surface area (Å²) in [6.07, 6.45) is 3.54. The number of hydrogen-bond donors (Lipinski definition) is 1. The fourth-order valence-electron chi connectivity index (χ4n) is 3.26. The Morgan fingerprint density at radius 1 is 0.933 bits per heavy atom. The summed E-state index contributed by atoms with van der Waals surface area (Å²) in [4.78, 5) is 26.6.